The second-order valence-electron chi connectivity index (χ2n) is 8.12. The Morgan fingerprint density at radius 2 is 2.10 bits per heavy atom. The fourth-order valence-corrected chi connectivity index (χ4v) is 5.71. The number of nitrogens with two attached hydrogens (primary N) is 1. The highest BCUT2D eigenvalue weighted by molar-refractivity contribution is 7.15. The standard InChI is InChI=1S/C23H24N4O3S/c1-14-11-15(18(28)13-25-14)22(29)27-8-6-23(7-9-27)16-12-20(31-19(16)5-10-30-23)17-3-2-4-21(24)26-17/h2-4,11-13,28H,5-10H2,1H3,(H2,24,26). The van der Waals surface area contributed by atoms with Crippen LogP contribution in [0.2, 0.25) is 0 Å². The predicted molar refractivity (Wildman–Crippen MR) is 119 cm³/mol. The number of fused-ring (bicyclic) bond motifs is 2. The summed E-state index contributed by atoms with van der Waals surface area (Å²) in [5.41, 5.74) is 8.61. The molecule has 1 amide bonds. The molecule has 2 aliphatic heterocycles. The van der Waals surface area contributed by atoms with E-state index in [0.717, 1.165) is 29.8 Å². The number of nitrogens with zero attached hydrogens (tertiary/aromatic N) is 3. The number of aromatic nitrogens is 2. The minimum atomic E-state index is -0.379. The number of carbonyl (C=O) groups excluding carboxylic acids is 1. The van der Waals surface area contributed by atoms with Crippen molar-refractivity contribution in [3.63, 3.8) is 0 Å². The molecule has 5 heterocycles. The molecule has 7 nitrogen and oxygen atoms in total. The van der Waals surface area contributed by atoms with Crippen LogP contribution >= 0.6 is 11.3 Å². The molecule has 3 N–H and O–H groups in total. The van der Waals surface area contributed by atoms with Crippen LogP contribution in [-0.4, -0.2) is 45.6 Å². The molecule has 3 aromatic heterocycles. The van der Waals surface area contributed by atoms with E-state index in [2.05, 4.69) is 16.0 Å². The van der Waals surface area contributed by atoms with Crippen LogP contribution in [0.1, 0.15) is 39.3 Å². The first-order valence-corrected chi connectivity index (χ1v) is 11.2. The van der Waals surface area contributed by atoms with Gasteiger partial charge in [-0.15, -0.1) is 11.3 Å². The van der Waals surface area contributed by atoms with Crippen molar-refractivity contribution in [2.45, 2.75) is 31.8 Å². The van der Waals surface area contributed by atoms with Crippen molar-refractivity contribution in [2.75, 3.05) is 25.4 Å². The van der Waals surface area contributed by atoms with Crippen molar-refractivity contribution in [3.8, 4) is 16.3 Å². The minimum Gasteiger partial charge on any atom is -0.505 e. The van der Waals surface area contributed by atoms with E-state index >= 15 is 0 Å². The Morgan fingerprint density at radius 1 is 1.29 bits per heavy atom. The molecule has 31 heavy (non-hydrogen) atoms. The lowest BCUT2D eigenvalue weighted by Crippen LogP contribution is -2.48. The number of hydrogen-bond donors (Lipinski definition) is 2. The van der Waals surface area contributed by atoms with E-state index in [1.807, 2.05) is 19.1 Å². The number of thiophene rings is 1. The topological polar surface area (TPSA) is 102 Å². The molecular formula is C23H24N4O3S. The zero-order chi connectivity index (χ0) is 21.6. The second-order valence-corrected chi connectivity index (χ2v) is 9.26. The molecule has 1 saturated heterocycles. The molecule has 1 fully saturated rings. The summed E-state index contributed by atoms with van der Waals surface area (Å²) >= 11 is 1.75. The maximum atomic E-state index is 13.0. The van der Waals surface area contributed by atoms with Gasteiger partial charge in [0, 0.05) is 30.1 Å². The van der Waals surface area contributed by atoms with Crippen LogP contribution in [0.3, 0.4) is 0 Å². The van der Waals surface area contributed by atoms with Crippen molar-refractivity contribution in [1.82, 2.24) is 14.9 Å². The fraction of sp³-hybridized carbons (Fsp3) is 0.348. The average molecular weight is 437 g/mol. The van der Waals surface area contributed by atoms with Crippen molar-refractivity contribution in [2.24, 2.45) is 0 Å². The Bertz CT molecular complexity index is 1150. The van der Waals surface area contributed by atoms with Crippen molar-refractivity contribution >= 4 is 23.1 Å². The normalized spacial score (nSPS) is 17.5. The van der Waals surface area contributed by atoms with Gasteiger partial charge < -0.3 is 20.5 Å². The molecule has 0 radical (unpaired) electrons. The van der Waals surface area contributed by atoms with Gasteiger partial charge in [-0.25, -0.2) is 4.98 Å². The van der Waals surface area contributed by atoms with Gasteiger partial charge in [-0.05, 0) is 49.6 Å². The summed E-state index contributed by atoms with van der Waals surface area (Å²) in [6.45, 7) is 3.62. The molecule has 5 rings (SSSR count). The number of pyridine rings is 2. The van der Waals surface area contributed by atoms with Gasteiger partial charge in [-0.3, -0.25) is 9.78 Å². The van der Waals surface area contributed by atoms with E-state index in [1.165, 1.54) is 16.6 Å². The van der Waals surface area contributed by atoms with E-state index in [-0.39, 0.29) is 17.3 Å². The second kappa shape index (κ2) is 7.62. The summed E-state index contributed by atoms with van der Waals surface area (Å²) in [6.07, 6.45) is 3.66. The molecule has 160 valence electrons. The SMILES string of the molecule is Cc1cc(C(=O)N2CCC3(CC2)OCCc2sc(-c4cccc(N)n4)cc23)c(O)cn1. The van der Waals surface area contributed by atoms with Gasteiger partial charge in [0.15, 0.2) is 0 Å². The minimum absolute atomic E-state index is 0.0794. The first-order chi connectivity index (χ1) is 14.9. The Morgan fingerprint density at radius 3 is 2.87 bits per heavy atom. The van der Waals surface area contributed by atoms with Crippen LogP contribution in [0.25, 0.3) is 10.6 Å². The summed E-state index contributed by atoms with van der Waals surface area (Å²) in [7, 11) is 0. The summed E-state index contributed by atoms with van der Waals surface area (Å²) in [5, 5.41) is 10.1. The number of rotatable bonds is 2. The number of piperidine rings is 1. The third kappa shape index (κ3) is 3.55. The fourth-order valence-electron chi connectivity index (χ4n) is 4.51. The predicted octanol–water partition coefficient (Wildman–Crippen LogP) is 3.51. The Hall–Kier alpha value is -2.97. The third-order valence-corrected chi connectivity index (χ3v) is 7.36. The number of hydrogen-bond acceptors (Lipinski definition) is 7. The van der Waals surface area contributed by atoms with Crippen molar-refractivity contribution in [1.29, 1.82) is 0 Å². The van der Waals surface area contributed by atoms with Gasteiger partial charge in [-0.2, -0.15) is 0 Å². The monoisotopic (exact) mass is 436 g/mol. The maximum absolute atomic E-state index is 13.0. The van der Waals surface area contributed by atoms with Crippen LogP contribution in [0, 0.1) is 6.92 Å². The Kier molecular flexibility index (Phi) is 4.91. The number of amides is 1. The van der Waals surface area contributed by atoms with Crippen LogP contribution in [-0.2, 0) is 16.8 Å². The van der Waals surface area contributed by atoms with Gasteiger partial charge in [0.1, 0.15) is 11.6 Å². The Balaban J connectivity index is 1.39. The van der Waals surface area contributed by atoms with Crippen LogP contribution in [0.15, 0.2) is 36.5 Å². The Labute approximate surface area is 184 Å². The number of aryl methyl sites for hydroxylation is 1. The smallest absolute Gasteiger partial charge is 0.257 e. The van der Waals surface area contributed by atoms with Crippen molar-refractivity contribution in [3.05, 3.63) is 58.2 Å². The highest BCUT2D eigenvalue weighted by Gasteiger charge is 2.43. The zero-order valence-corrected chi connectivity index (χ0v) is 18.1. The highest BCUT2D eigenvalue weighted by atomic mass is 32.1. The van der Waals surface area contributed by atoms with E-state index in [4.69, 9.17) is 10.5 Å². The summed E-state index contributed by atoms with van der Waals surface area (Å²) in [6, 6.07) is 9.52. The summed E-state index contributed by atoms with van der Waals surface area (Å²) in [5.74, 6) is 0.268. The molecule has 0 unspecified atom stereocenters. The number of likely N-dealkylation sites (tertiary alicyclic amines) is 1. The lowest BCUT2D eigenvalue weighted by molar-refractivity contribution is -0.0926. The largest absolute Gasteiger partial charge is 0.505 e. The first kappa shape index (κ1) is 20.0. The van der Waals surface area contributed by atoms with Gasteiger partial charge >= 0.3 is 0 Å². The first-order valence-electron chi connectivity index (χ1n) is 10.4. The van der Waals surface area contributed by atoms with E-state index in [9.17, 15) is 9.90 Å². The van der Waals surface area contributed by atoms with Gasteiger partial charge in [0.2, 0.25) is 0 Å². The van der Waals surface area contributed by atoms with Crippen LogP contribution in [0.4, 0.5) is 5.82 Å². The molecule has 0 bridgehead atoms. The lowest BCUT2D eigenvalue weighted by atomic mass is 9.82. The zero-order valence-electron chi connectivity index (χ0n) is 17.3. The van der Waals surface area contributed by atoms with Crippen LogP contribution < -0.4 is 5.73 Å². The molecule has 0 saturated carbocycles. The summed E-state index contributed by atoms with van der Waals surface area (Å²) in [4.78, 5) is 25.7. The molecule has 2 aliphatic rings. The molecule has 3 aromatic rings. The maximum Gasteiger partial charge on any atom is 0.257 e. The quantitative estimate of drug-likeness (QED) is 0.638. The van der Waals surface area contributed by atoms with Crippen molar-refractivity contribution < 1.29 is 14.6 Å². The molecular weight excluding hydrogens is 412 g/mol. The summed E-state index contributed by atoms with van der Waals surface area (Å²) < 4.78 is 6.35. The third-order valence-electron chi connectivity index (χ3n) is 6.14. The average Bonchev–Trinajstić information content (AvgIpc) is 3.22. The molecule has 1 spiro atoms. The van der Waals surface area contributed by atoms with E-state index in [0.29, 0.717) is 36.8 Å². The highest BCUT2D eigenvalue weighted by Crippen LogP contribution is 2.46. The molecule has 0 aliphatic carbocycles. The van der Waals surface area contributed by atoms with Gasteiger partial charge in [0.25, 0.3) is 5.91 Å². The van der Waals surface area contributed by atoms with Crippen LogP contribution in [0.5, 0.6) is 5.75 Å². The number of anilines is 1. The number of aromatic hydroxyl groups is 1. The van der Waals surface area contributed by atoms with E-state index in [1.54, 1.807) is 28.4 Å². The number of ether oxygens (including phenoxy) is 1. The van der Waals surface area contributed by atoms with E-state index < -0.39 is 0 Å². The molecule has 0 aromatic carbocycles. The lowest BCUT2D eigenvalue weighted by Gasteiger charge is -2.44. The van der Waals surface area contributed by atoms with Gasteiger partial charge in [-0.1, -0.05) is 6.07 Å². The van der Waals surface area contributed by atoms with Gasteiger partial charge in [0.05, 0.1) is 34.5 Å². The number of carbonyl (C=O) groups is 1. The molecule has 0 atom stereocenters. The number of nitrogen functional groups attached to an aromatic ring is 1. The molecule has 8 heteroatoms.